The fourth-order valence-electron chi connectivity index (χ4n) is 3.64. The van der Waals surface area contributed by atoms with Gasteiger partial charge in [-0.2, -0.15) is 23.7 Å². The zero-order chi connectivity index (χ0) is 24.3. The maximum absolute atomic E-state index is 13.3. The Hall–Kier alpha value is -4.21. The van der Waals surface area contributed by atoms with Gasteiger partial charge in [0, 0.05) is 10.7 Å². The summed E-state index contributed by atoms with van der Waals surface area (Å²) in [4.78, 5) is 6.50. The van der Waals surface area contributed by atoms with Crippen molar-refractivity contribution >= 4 is 23.2 Å². The molecule has 0 aromatic heterocycles. The lowest BCUT2D eigenvalue weighted by Crippen LogP contribution is -2.32. The summed E-state index contributed by atoms with van der Waals surface area (Å²) in [6.45, 7) is 0.0291. The number of anilines is 1. The first kappa shape index (κ1) is 23.0. The lowest BCUT2D eigenvalue weighted by atomic mass is 10.0. The molecule has 0 spiro atoms. The number of benzene rings is 3. The van der Waals surface area contributed by atoms with E-state index >= 15 is 0 Å². The van der Waals surface area contributed by atoms with Gasteiger partial charge in [-0.1, -0.05) is 23.7 Å². The van der Waals surface area contributed by atoms with Gasteiger partial charge in [-0.25, -0.2) is 4.90 Å². The Balaban J connectivity index is 1.70. The van der Waals surface area contributed by atoms with E-state index in [0.29, 0.717) is 27.8 Å². The minimum absolute atomic E-state index is 0.0266. The lowest BCUT2D eigenvalue weighted by molar-refractivity contribution is -0.137. The molecule has 170 valence electrons. The van der Waals surface area contributed by atoms with E-state index < -0.39 is 17.8 Å². The first-order chi connectivity index (χ1) is 16.3. The zero-order valence-electron chi connectivity index (χ0n) is 17.4. The smallest absolute Gasteiger partial charge is 0.416 e. The molecule has 0 radical (unpaired) electrons. The number of ether oxygens (including phenoxy) is 1. The van der Waals surface area contributed by atoms with E-state index in [9.17, 15) is 18.4 Å². The molecule has 3 aromatic carbocycles. The fraction of sp³-hybridized carbons (Fsp3) is 0.125. The van der Waals surface area contributed by atoms with Gasteiger partial charge in [0.05, 0.1) is 18.2 Å². The van der Waals surface area contributed by atoms with Crippen molar-refractivity contribution in [3.05, 3.63) is 88.9 Å². The van der Waals surface area contributed by atoms with E-state index in [1.54, 1.807) is 65.7 Å². The SMILES string of the molecule is N#C/N=C1\N(C#N)C[C@H](c2cccc(C(F)(F)F)c2)N1c1ccc(Oc2ccc(Cl)cc2)cc1. The minimum Gasteiger partial charge on any atom is -0.457 e. The molecule has 6 nitrogen and oxygen atoms in total. The number of halogens is 4. The monoisotopic (exact) mass is 481 g/mol. The molecule has 0 bridgehead atoms. The third kappa shape index (κ3) is 4.75. The minimum atomic E-state index is -4.52. The molecule has 1 atom stereocenters. The van der Waals surface area contributed by atoms with Crippen LogP contribution in [0.5, 0.6) is 11.5 Å². The van der Waals surface area contributed by atoms with E-state index in [2.05, 4.69) is 4.99 Å². The highest BCUT2D eigenvalue weighted by Gasteiger charge is 2.39. The first-order valence-electron chi connectivity index (χ1n) is 9.94. The summed E-state index contributed by atoms with van der Waals surface area (Å²) in [5.74, 6) is 1.11. The van der Waals surface area contributed by atoms with Crippen LogP contribution in [0.25, 0.3) is 0 Å². The second-order valence-corrected chi connectivity index (χ2v) is 7.72. The molecule has 0 amide bonds. The molecule has 34 heavy (non-hydrogen) atoms. The van der Waals surface area contributed by atoms with Crippen molar-refractivity contribution in [3.63, 3.8) is 0 Å². The predicted molar refractivity (Wildman–Crippen MR) is 120 cm³/mol. The molecule has 1 fully saturated rings. The highest BCUT2D eigenvalue weighted by Crippen LogP contribution is 2.38. The molecule has 1 saturated heterocycles. The van der Waals surface area contributed by atoms with Gasteiger partial charge in [-0.3, -0.25) is 0 Å². The molecule has 0 N–H and O–H groups in total. The van der Waals surface area contributed by atoms with Crippen LogP contribution in [-0.2, 0) is 6.18 Å². The Bertz CT molecular complexity index is 1290. The predicted octanol–water partition coefficient (Wildman–Crippen LogP) is 6.33. The molecule has 3 aromatic rings. The summed E-state index contributed by atoms with van der Waals surface area (Å²) in [6, 6.07) is 17.7. The molecule has 10 heteroatoms. The van der Waals surface area contributed by atoms with Crippen molar-refractivity contribution in [1.82, 2.24) is 4.90 Å². The number of nitriles is 2. The molecule has 0 saturated carbocycles. The third-order valence-corrected chi connectivity index (χ3v) is 5.41. The van der Waals surface area contributed by atoms with E-state index in [-0.39, 0.29) is 12.5 Å². The number of nitrogens with zero attached hydrogens (tertiary/aromatic N) is 5. The maximum atomic E-state index is 13.3. The number of guanidine groups is 1. The van der Waals surface area contributed by atoms with E-state index in [1.165, 1.54) is 11.0 Å². The highest BCUT2D eigenvalue weighted by atomic mass is 35.5. The van der Waals surface area contributed by atoms with Crippen LogP contribution in [0.3, 0.4) is 0 Å². The number of aliphatic imine (C=N–C) groups is 1. The number of hydrogen-bond donors (Lipinski definition) is 0. The Morgan fingerprint density at radius 2 is 1.62 bits per heavy atom. The van der Waals surface area contributed by atoms with Crippen LogP contribution in [0.15, 0.2) is 77.8 Å². The molecule has 1 aliphatic heterocycles. The van der Waals surface area contributed by atoms with Crippen molar-refractivity contribution in [2.75, 3.05) is 11.4 Å². The Labute approximate surface area is 198 Å². The van der Waals surface area contributed by atoms with Crippen LogP contribution in [0, 0.1) is 22.9 Å². The summed E-state index contributed by atoms with van der Waals surface area (Å²) in [5, 5.41) is 19.3. The van der Waals surface area contributed by atoms with E-state index in [4.69, 9.17) is 21.6 Å². The van der Waals surface area contributed by atoms with Crippen LogP contribution in [0.2, 0.25) is 5.02 Å². The summed E-state index contributed by atoms with van der Waals surface area (Å²) >= 11 is 5.89. The maximum Gasteiger partial charge on any atom is 0.416 e. The Kier molecular flexibility index (Phi) is 6.31. The van der Waals surface area contributed by atoms with Gasteiger partial charge in [0.15, 0.2) is 6.19 Å². The second kappa shape index (κ2) is 9.34. The molecule has 1 heterocycles. The molecule has 0 unspecified atom stereocenters. The fourth-order valence-corrected chi connectivity index (χ4v) is 3.76. The first-order valence-corrected chi connectivity index (χ1v) is 10.3. The van der Waals surface area contributed by atoms with Crippen molar-refractivity contribution in [2.45, 2.75) is 12.2 Å². The van der Waals surface area contributed by atoms with Gasteiger partial charge in [0.25, 0.3) is 0 Å². The highest BCUT2D eigenvalue weighted by molar-refractivity contribution is 6.30. The van der Waals surface area contributed by atoms with Gasteiger partial charge in [-0.05, 0) is 66.2 Å². The number of hydrogen-bond acceptors (Lipinski definition) is 4. The van der Waals surface area contributed by atoms with Crippen LogP contribution in [-0.4, -0.2) is 17.4 Å². The Morgan fingerprint density at radius 3 is 2.21 bits per heavy atom. The lowest BCUT2D eigenvalue weighted by Gasteiger charge is -2.26. The van der Waals surface area contributed by atoms with Gasteiger partial charge in [-0.15, -0.1) is 4.99 Å². The van der Waals surface area contributed by atoms with Crippen molar-refractivity contribution < 1.29 is 17.9 Å². The average Bonchev–Trinajstić information content (AvgIpc) is 3.19. The molecule has 1 aliphatic rings. The van der Waals surface area contributed by atoms with Crippen LogP contribution in [0.4, 0.5) is 18.9 Å². The van der Waals surface area contributed by atoms with Gasteiger partial charge in [0.1, 0.15) is 11.5 Å². The molecular formula is C24H15ClF3N5O. The number of rotatable bonds is 4. The quantitative estimate of drug-likeness (QED) is 0.407. The summed E-state index contributed by atoms with van der Waals surface area (Å²) in [5.41, 5.74) is 0.0585. The zero-order valence-corrected chi connectivity index (χ0v) is 18.1. The molecule has 4 rings (SSSR count). The van der Waals surface area contributed by atoms with Crippen LogP contribution in [0.1, 0.15) is 17.2 Å². The molecular weight excluding hydrogens is 467 g/mol. The Morgan fingerprint density at radius 1 is 0.971 bits per heavy atom. The van der Waals surface area contributed by atoms with Crippen LogP contribution >= 0.6 is 11.6 Å². The summed E-state index contributed by atoms with van der Waals surface area (Å²) < 4.78 is 45.7. The van der Waals surface area contributed by atoms with E-state index in [1.807, 2.05) is 6.19 Å². The molecule has 0 aliphatic carbocycles. The number of alkyl halides is 3. The van der Waals surface area contributed by atoms with Gasteiger partial charge >= 0.3 is 6.18 Å². The topological polar surface area (TPSA) is 75.7 Å². The average molecular weight is 482 g/mol. The van der Waals surface area contributed by atoms with Crippen molar-refractivity contribution in [3.8, 4) is 23.9 Å². The second-order valence-electron chi connectivity index (χ2n) is 7.28. The van der Waals surface area contributed by atoms with Gasteiger partial charge in [0.2, 0.25) is 12.2 Å². The van der Waals surface area contributed by atoms with E-state index in [0.717, 1.165) is 12.1 Å². The standard InChI is InChI=1S/C24H15ClF3N5O/c25-18-4-8-20(9-5-18)34-21-10-6-19(7-11-21)33-22(13-32(15-30)23(33)31-14-29)16-2-1-3-17(12-16)24(26,27)28/h1-12,22H,13H2/b31-23+/t22-/m1/s1. The van der Waals surface area contributed by atoms with Crippen molar-refractivity contribution in [1.29, 1.82) is 10.5 Å². The largest absolute Gasteiger partial charge is 0.457 e. The third-order valence-electron chi connectivity index (χ3n) is 5.16. The van der Waals surface area contributed by atoms with Crippen LogP contribution < -0.4 is 9.64 Å². The normalized spacial score (nSPS) is 16.9. The van der Waals surface area contributed by atoms with Crippen molar-refractivity contribution in [2.24, 2.45) is 4.99 Å². The van der Waals surface area contributed by atoms with Gasteiger partial charge < -0.3 is 9.64 Å². The summed E-state index contributed by atoms with van der Waals surface area (Å²) in [6.07, 6.45) is -0.904. The summed E-state index contributed by atoms with van der Waals surface area (Å²) in [7, 11) is 0.